The summed E-state index contributed by atoms with van der Waals surface area (Å²) >= 11 is 0. The Balaban J connectivity index is 3.89. The predicted octanol–water partition coefficient (Wildman–Crippen LogP) is 1.12. The Bertz CT molecular complexity index is 536. The first-order valence-corrected chi connectivity index (χ1v) is 6.44. The summed E-state index contributed by atoms with van der Waals surface area (Å²) in [5, 5.41) is -12.5. The molecule has 1 rings (SSSR count). The van der Waals surface area contributed by atoms with E-state index < -0.39 is 40.3 Å². The first kappa shape index (κ1) is 14.3. The Morgan fingerprint density at radius 3 is 1.24 bits per heavy atom. The van der Waals surface area contributed by atoms with Crippen molar-refractivity contribution in [3.05, 3.63) is 10.8 Å². The molecule has 0 N–H and O–H groups in total. The molecule has 17 heavy (non-hydrogen) atoms. The molecule has 12 heteroatoms. The third kappa shape index (κ3) is 1.19. The van der Waals surface area contributed by atoms with Gasteiger partial charge in [0.05, 0.1) is 0 Å². The highest BCUT2D eigenvalue weighted by molar-refractivity contribution is 8.16. The van der Waals surface area contributed by atoms with E-state index in [1.54, 1.807) is 0 Å². The fraction of sp³-hybridized carbons (Fsp3) is 0.600. The monoisotopic (exact) mass is 304 g/mol. The molecule has 0 aromatic heterocycles. The molecule has 0 unspecified atom stereocenters. The van der Waals surface area contributed by atoms with Gasteiger partial charge in [0.15, 0.2) is 4.24 Å². The lowest BCUT2D eigenvalue weighted by Crippen LogP contribution is -2.65. The van der Waals surface area contributed by atoms with Gasteiger partial charge in [-0.25, -0.2) is 16.8 Å². The van der Waals surface area contributed by atoms with Crippen molar-refractivity contribution < 1.29 is 43.2 Å². The van der Waals surface area contributed by atoms with Crippen molar-refractivity contribution in [2.45, 2.75) is 16.4 Å². The van der Waals surface area contributed by atoms with E-state index >= 15 is 0 Å². The Kier molecular flexibility index (Phi) is 2.49. The van der Waals surface area contributed by atoms with E-state index in [0.29, 0.717) is 0 Å². The largest absolute Gasteiger partial charge is 0.419 e. The first-order valence-electron chi connectivity index (χ1n) is 3.47. The van der Waals surface area contributed by atoms with E-state index in [1.807, 2.05) is 6.58 Å². The van der Waals surface area contributed by atoms with Gasteiger partial charge in [-0.15, -0.1) is 0 Å². The van der Waals surface area contributed by atoms with E-state index in [1.165, 1.54) is 0 Å². The molecule has 0 radical (unpaired) electrons. The molecule has 0 spiro atoms. The van der Waals surface area contributed by atoms with Gasteiger partial charge in [0.2, 0.25) is 0 Å². The van der Waals surface area contributed by atoms with Crippen LogP contribution >= 0.6 is 0 Å². The topological polar surface area (TPSA) is 68.3 Å². The van der Waals surface area contributed by atoms with Crippen LogP contribution in [0.3, 0.4) is 0 Å². The van der Waals surface area contributed by atoms with Gasteiger partial charge in [0.25, 0.3) is 19.7 Å². The molecule has 0 aromatic rings. The molecule has 0 amide bonds. The molecule has 1 aliphatic rings. The Hall–Kier alpha value is -0.780. The van der Waals surface area contributed by atoms with Crippen LogP contribution in [0.4, 0.5) is 26.3 Å². The van der Waals surface area contributed by atoms with E-state index in [2.05, 4.69) is 0 Å². The summed E-state index contributed by atoms with van der Waals surface area (Å²) in [7, 11) is -12.9. The number of hydrogen-bond acceptors (Lipinski definition) is 4. The van der Waals surface area contributed by atoms with Crippen molar-refractivity contribution in [2.75, 3.05) is 0 Å². The molecular weight excluding hydrogens is 302 g/mol. The molecule has 1 fully saturated rings. The average Bonchev–Trinajstić information content (AvgIpc) is 2.13. The highest BCUT2D eigenvalue weighted by Gasteiger charge is 2.87. The van der Waals surface area contributed by atoms with Crippen molar-refractivity contribution in [3.8, 4) is 0 Å². The molecule has 1 saturated heterocycles. The molecule has 1 heterocycles. The minimum Gasteiger partial charge on any atom is -0.216 e. The number of alkyl halides is 6. The maximum absolute atomic E-state index is 12.7. The molecule has 0 saturated carbocycles. The third-order valence-electron chi connectivity index (χ3n) is 2.01. The van der Waals surface area contributed by atoms with Crippen molar-refractivity contribution in [3.63, 3.8) is 0 Å². The van der Waals surface area contributed by atoms with Crippen molar-refractivity contribution >= 4 is 19.7 Å². The molecular formula is C5H2F6O4S2. The van der Waals surface area contributed by atoms with Gasteiger partial charge in [-0.2, -0.15) is 26.3 Å². The number of halogens is 6. The highest BCUT2D eigenvalue weighted by Crippen LogP contribution is 2.58. The third-order valence-corrected chi connectivity index (χ3v) is 6.38. The average molecular weight is 304 g/mol. The van der Waals surface area contributed by atoms with E-state index in [0.717, 1.165) is 0 Å². The number of hydrogen-bond donors (Lipinski definition) is 0. The van der Waals surface area contributed by atoms with Crippen LogP contribution in [0.15, 0.2) is 10.8 Å². The second kappa shape index (κ2) is 2.96. The Labute approximate surface area is 90.7 Å². The minimum atomic E-state index is -6.58. The van der Waals surface area contributed by atoms with E-state index in [-0.39, 0.29) is 0 Å². The summed E-state index contributed by atoms with van der Waals surface area (Å²) < 4.78 is 116. The van der Waals surface area contributed by atoms with Gasteiger partial charge in [0, 0.05) is 0 Å². The summed E-state index contributed by atoms with van der Waals surface area (Å²) in [6, 6.07) is 0. The molecule has 0 aliphatic carbocycles. The SMILES string of the molecule is C=C1S(=O)(=O)C(F)(F)C(F)(F)C(F)(F)S1(=O)=O. The quantitative estimate of drug-likeness (QED) is 0.629. The highest BCUT2D eigenvalue weighted by atomic mass is 32.3. The normalized spacial score (nSPS) is 32.0. The summed E-state index contributed by atoms with van der Waals surface area (Å²) in [5.41, 5.74) is 0. The number of rotatable bonds is 0. The summed E-state index contributed by atoms with van der Waals surface area (Å²) in [4.78, 5) is 0. The van der Waals surface area contributed by atoms with Crippen LogP contribution in [0.1, 0.15) is 0 Å². The van der Waals surface area contributed by atoms with Gasteiger partial charge in [-0.05, 0) is 0 Å². The molecule has 0 bridgehead atoms. The predicted molar refractivity (Wildman–Crippen MR) is 41.8 cm³/mol. The summed E-state index contributed by atoms with van der Waals surface area (Å²) in [6.07, 6.45) is 0. The summed E-state index contributed by atoms with van der Waals surface area (Å²) in [5.74, 6) is -6.58. The van der Waals surface area contributed by atoms with E-state index in [4.69, 9.17) is 0 Å². The van der Waals surface area contributed by atoms with Crippen LogP contribution in [0.5, 0.6) is 0 Å². The fourth-order valence-corrected chi connectivity index (χ4v) is 4.29. The fourth-order valence-electron chi connectivity index (χ4n) is 0.937. The maximum Gasteiger partial charge on any atom is 0.419 e. The molecule has 0 aromatic carbocycles. The van der Waals surface area contributed by atoms with Gasteiger partial charge in [0.1, 0.15) is 0 Å². The second-order valence-corrected chi connectivity index (χ2v) is 7.27. The van der Waals surface area contributed by atoms with Gasteiger partial charge >= 0.3 is 16.4 Å². The maximum atomic E-state index is 12.7. The minimum absolute atomic E-state index is 2.01. The van der Waals surface area contributed by atoms with Crippen LogP contribution < -0.4 is 0 Å². The Morgan fingerprint density at radius 1 is 0.765 bits per heavy atom. The second-order valence-electron chi connectivity index (χ2n) is 2.99. The van der Waals surface area contributed by atoms with Gasteiger partial charge in [-0.3, -0.25) is 0 Å². The van der Waals surface area contributed by atoms with Crippen molar-refractivity contribution in [1.82, 2.24) is 0 Å². The first-order chi connectivity index (χ1) is 7.15. The standard InChI is InChI=1S/C5H2F6O4S2/c1-2-16(12,13)4(8,9)3(6,7)5(10,11)17(2,14)15/h1H2. The van der Waals surface area contributed by atoms with Crippen LogP contribution in [0, 0.1) is 0 Å². The van der Waals surface area contributed by atoms with Crippen molar-refractivity contribution in [2.24, 2.45) is 0 Å². The lowest BCUT2D eigenvalue weighted by atomic mass is 10.3. The smallest absolute Gasteiger partial charge is 0.216 e. The lowest BCUT2D eigenvalue weighted by molar-refractivity contribution is -0.244. The van der Waals surface area contributed by atoms with Crippen LogP contribution in [0.25, 0.3) is 0 Å². The molecule has 0 atom stereocenters. The zero-order valence-corrected chi connectivity index (χ0v) is 9.06. The van der Waals surface area contributed by atoms with Crippen LogP contribution in [0.2, 0.25) is 0 Å². The lowest BCUT2D eigenvalue weighted by Gasteiger charge is -2.36. The zero-order chi connectivity index (χ0) is 14.1. The van der Waals surface area contributed by atoms with E-state index in [9.17, 15) is 43.2 Å². The molecule has 4 nitrogen and oxygen atoms in total. The van der Waals surface area contributed by atoms with Gasteiger partial charge < -0.3 is 0 Å². The summed E-state index contributed by atoms with van der Waals surface area (Å²) in [6.45, 7) is 2.01. The van der Waals surface area contributed by atoms with Crippen molar-refractivity contribution in [1.29, 1.82) is 0 Å². The Morgan fingerprint density at radius 2 is 1.00 bits per heavy atom. The molecule has 100 valence electrons. The number of sulfone groups is 2. The van der Waals surface area contributed by atoms with Crippen LogP contribution in [-0.4, -0.2) is 33.3 Å². The molecule has 1 aliphatic heterocycles. The zero-order valence-electron chi connectivity index (χ0n) is 7.42. The van der Waals surface area contributed by atoms with Gasteiger partial charge in [-0.1, -0.05) is 6.58 Å². The van der Waals surface area contributed by atoms with Crippen LogP contribution in [-0.2, 0) is 19.7 Å².